The summed E-state index contributed by atoms with van der Waals surface area (Å²) < 4.78 is 0. The molecule has 2 rings (SSSR count). The maximum atomic E-state index is 9.08. The van der Waals surface area contributed by atoms with Crippen LogP contribution in [0.3, 0.4) is 0 Å². The number of thioether (sulfide) groups is 1. The highest BCUT2D eigenvalue weighted by atomic mass is 32.2. The quantitative estimate of drug-likeness (QED) is 0.773. The van der Waals surface area contributed by atoms with Crippen molar-refractivity contribution in [2.45, 2.75) is 31.3 Å². The van der Waals surface area contributed by atoms with Gasteiger partial charge in [0.15, 0.2) is 5.16 Å². The lowest BCUT2D eigenvalue weighted by Crippen LogP contribution is -2.31. The number of hydrogen-bond donors (Lipinski definition) is 2. The van der Waals surface area contributed by atoms with E-state index in [0.29, 0.717) is 5.95 Å². The molecule has 2 N–H and O–H groups in total. The maximum absolute atomic E-state index is 9.08. The summed E-state index contributed by atoms with van der Waals surface area (Å²) in [6.07, 6.45) is 3.69. The van der Waals surface area contributed by atoms with Crippen molar-refractivity contribution in [1.29, 1.82) is 0 Å². The number of aliphatic hydroxyl groups is 1. The van der Waals surface area contributed by atoms with Gasteiger partial charge in [-0.25, -0.2) is 0 Å². The van der Waals surface area contributed by atoms with Crippen molar-refractivity contribution in [3.05, 3.63) is 0 Å². The van der Waals surface area contributed by atoms with Gasteiger partial charge in [0.25, 0.3) is 0 Å². The summed E-state index contributed by atoms with van der Waals surface area (Å²) in [5.41, 5.74) is 0. The second kappa shape index (κ2) is 7.64. The van der Waals surface area contributed by atoms with Crippen LogP contribution in [-0.4, -0.2) is 52.6 Å². The van der Waals surface area contributed by atoms with Crippen LogP contribution in [0.1, 0.15) is 26.2 Å². The summed E-state index contributed by atoms with van der Waals surface area (Å²) in [6, 6.07) is 0. The summed E-state index contributed by atoms with van der Waals surface area (Å²) in [6.45, 7) is 4.24. The van der Waals surface area contributed by atoms with Gasteiger partial charge in [-0.3, -0.25) is 0 Å². The van der Waals surface area contributed by atoms with Crippen LogP contribution in [-0.2, 0) is 0 Å². The highest BCUT2D eigenvalue weighted by molar-refractivity contribution is 7.99. The zero-order valence-electron chi connectivity index (χ0n) is 12.2. The van der Waals surface area contributed by atoms with Crippen molar-refractivity contribution >= 4 is 23.7 Å². The van der Waals surface area contributed by atoms with Crippen LogP contribution in [0.25, 0.3) is 0 Å². The Labute approximate surface area is 124 Å². The smallest absolute Gasteiger partial charge is 0.231 e. The molecule has 0 spiro atoms. The number of aliphatic hydroxyl groups excluding tert-OH is 1. The van der Waals surface area contributed by atoms with E-state index >= 15 is 0 Å². The van der Waals surface area contributed by atoms with Gasteiger partial charge in [-0.2, -0.15) is 15.0 Å². The molecule has 0 saturated carbocycles. The predicted octanol–water partition coefficient (Wildman–Crippen LogP) is 1.62. The number of aromatic nitrogens is 3. The highest BCUT2D eigenvalue weighted by Gasteiger charge is 2.16. The fourth-order valence-electron chi connectivity index (χ4n) is 2.03. The average molecular weight is 297 g/mol. The Balaban J connectivity index is 2.10. The molecule has 0 aliphatic carbocycles. The van der Waals surface area contributed by atoms with Crippen molar-refractivity contribution in [2.75, 3.05) is 42.7 Å². The van der Waals surface area contributed by atoms with E-state index in [9.17, 15) is 0 Å². The first kappa shape index (κ1) is 15.3. The third-order valence-electron chi connectivity index (χ3n) is 3.27. The molecular weight excluding hydrogens is 274 g/mol. The largest absolute Gasteiger partial charge is 0.396 e. The molecule has 2 heterocycles. The predicted molar refractivity (Wildman–Crippen MR) is 82.4 cm³/mol. The second-order valence-corrected chi connectivity index (χ2v) is 6.13. The fraction of sp³-hybridized carbons (Fsp3) is 0.769. The molecule has 1 atom stereocenters. The van der Waals surface area contributed by atoms with Crippen LogP contribution >= 0.6 is 11.8 Å². The number of nitrogens with one attached hydrogen (secondary N) is 1. The summed E-state index contributed by atoms with van der Waals surface area (Å²) >= 11 is 1.57. The molecule has 1 fully saturated rings. The van der Waals surface area contributed by atoms with Crippen LogP contribution in [0.15, 0.2) is 5.16 Å². The molecule has 0 aromatic carbocycles. The van der Waals surface area contributed by atoms with Gasteiger partial charge in [0.2, 0.25) is 11.9 Å². The molecule has 112 valence electrons. The second-order valence-electron chi connectivity index (χ2n) is 5.14. The maximum Gasteiger partial charge on any atom is 0.231 e. The molecule has 20 heavy (non-hydrogen) atoms. The lowest BCUT2D eigenvalue weighted by molar-refractivity contribution is 0.250. The Kier molecular flexibility index (Phi) is 5.85. The van der Waals surface area contributed by atoms with E-state index < -0.39 is 0 Å². The third kappa shape index (κ3) is 4.21. The van der Waals surface area contributed by atoms with Gasteiger partial charge in [-0.1, -0.05) is 18.7 Å². The fourth-order valence-corrected chi connectivity index (χ4v) is 2.86. The Hall–Kier alpha value is -1.08. The first-order chi connectivity index (χ1) is 9.72. The van der Waals surface area contributed by atoms with Crippen molar-refractivity contribution in [1.82, 2.24) is 15.0 Å². The highest BCUT2D eigenvalue weighted by Crippen LogP contribution is 2.22. The third-order valence-corrected chi connectivity index (χ3v) is 4.45. The molecule has 7 heteroatoms. The van der Waals surface area contributed by atoms with E-state index in [1.54, 1.807) is 11.8 Å². The Morgan fingerprint density at radius 2 is 2.00 bits per heavy atom. The number of nitrogens with zero attached hydrogens (tertiary/aromatic N) is 4. The molecule has 1 saturated heterocycles. The number of anilines is 2. The summed E-state index contributed by atoms with van der Waals surface area (Å²) in [5, 5.41) is 12.8. The van der Waals surface area contributed by atoms with Crippen LogP contribution < -0.4 is 10.2 Å². The molecule has 0 radical (unpaired) electrons. The lowest BCUT2D eigenvalue weighted by Gasteiger charge is -2.26. The van der Waals surface area contributed by atoms with E-state index in [2.05, 4.69) is 25.2 Å². The van der Waals surface area contributed by atoms with Gasteiger partial charge < -0.3 is 15.3 Å². The van der Waals surface area contributed by atoms with Crippen molar-refractivity contribution in [2.24, 2.45) is 5.92 Å². The monoisotopic (exact) mass is 297 g/mol. The molecule has 0 amide bonds. The Morgan fingerprint density at radius 3 is 2.65 bits per heavy atom. The first-order valence-corrected chi connectivity index (χ1v) is 8.14. The summed E-state index contributed by atoms with van der Waals surface area (Å²) in [7, 11) is 1.82. The van der Waals surface area contributed by atoms with Crippen molar-refractivity contribution in [3.63, 3.8) is 0 Å². The minimum atomic E-state index is 0.190. The molecule has 1 aliphatic heterocycles. The normalized spacial score (nSPS) is 17.1. The first-order valence-electron chi connectivity index (χ1n) is 7.15. The van der Waals surface area contributed by atoms with E-state index in [4.69, 9.17) is 5.11 Å². The molecular formula is C13H23N5OS. The zero-order valence-corrected chi connectivity index (χ0v) is 13.0. The standard InChI is InChI=1S/C13H23N5OS/c1-10(8-19)9-20-13-16-11(14-2)15-12(17-13)18-6-4-3-5-7-18/h10,19H,3-9H2,1-2H3,(H,14,15,16,17). The molecule has 1 aromatic heterocycles. The van der Waals surface area contributed by atoms with Crippen molar-refractivity contribution < 1.29 is 5.11 Å². The van der Waals surface area contributed by atoms with Gasteiger partial charge in [-0.15, -0.1) is 0 Å². The molecule has 0 bridgehead atoms. The molecule has 1 aromatic rings. The minimum absolute atomic E-state index is 0.190. The Bertz CT molecular complexity index is 425. The topological polar surface area (TPSA) is 74.2 Å². The average Bonchev–Trinajstić information content (AvgIpc) is 2.53. The minimum Gasteiger partial charge on any atom is -0.396 e. The zero-order chi connectivity index (χ0) is 14.4. The van der Waals surface area contributed by atoms with E-state index in [1.807, 2.05) is 14.0 Å². The van der Waals surface area contributed by atoms with E-state index in [1.165, 1.54) is 19.3 Å². The van der Waals surface area contributed by atoms with Gasteiger partial charge in [0.1, 0.15) is 0 Å². The van der Waals surface area contributed by atoms with Crippen molar-refractivity contribution in [3.8, 4) is 0 Å². The number of rotatable bonds is 6. The van der Waals surface area contributed by atoms with E-state index in [0.717, 1.165) is 29.9 Å². The summed E-state index contributed by atoms with van der Waals surface area (Å²) in [4.78, 5) is 15.6. The summed E-state index contributed by atoms with van der Waals surface area (Å²) in [5.74, 6) is 2.43. The molecule has 1 aliphatic rings. The number of piperidine rings is 1. The SMILES string of the molecule is CNc1nc(SCC(C)CO)nc(N2CCCCC2)n1. The lowest BCUT2D eigenvalue weighted by atomic mass is 10.1. The van der Waals surface area contributed by atoms with E-state index in [-0.39, 0.29) is 12.5 Å². The van der Waals surface area contributed by atoms with Gasteiger partial charge >= 0.3 is 0 Å². The molecule has 1 unspecified atom stereocenters. The van der Waals surface area contributed by atoms with Crippen LogP contribution in [0.5, 0.6) is 0 Å². The van der Waals surface area contributed by atoms with Crippen LogP contribution in [0.2, 0.25) is 0 Å². The van der Waals surface area contributed by atoms with Gasteiger partial charge in [-0.05, 0) is 25.2 Å². The van der Waals surface area contributed by atoms with Gasteiger partial charge in [0, 0.05) is 32.5 Å². The molecule has 6 nitrogen and oxygen atoms in total. The number of hydrogen-bond acceptors (Lipinski definition) is 7. The van der Waals surface area contributed by atoms with Crippen LogP contribution in [0.4, 0.5) is 11.9 Å². The Morgan fingerprint density at radius 1 is 1.25 bits per heavy atom. The van der Waals surface area contributed by atoms with Crippen LogP contribution in [0, 0.1) is 5.92 Å². The van der Waals surface area contributed by atoms with Gasteiger partial charge in [0.05, 0.1) is 0 Å².